The van der Waals surface area contributed by atoms with Crippen LogP contribution in [0.2, 0.25) is 0 Å². The zero-order chi connectivity index (χ0) is 19.7. The van der Waals surface area contributed by atoms with E-state index in [1.54, 1.807) is 11.8 Å². The molecule has 0 aromatic carbocycles. The van der Waals surface area contributed by atoms with Gasteiger partial charge in [0.2, 0.25) is 0 Å². The molecule has 0 spiro atoms. The van der Waals surface area contributed by atoms with E-state index in [1.807, 2.05) is 6.26 Å². The largest absolute Gasteiger partial charge is 0.466 e. The average Bonchev–Trinajstić information content (AvgIpc) is 2.58. The predicted molar refractivity (Wildman–Crippen MR) is 98.3 cm³/mol. The smallest absolute Gasteiger partial charge is 0.394 e. The van der Waals surface area contributed by atoms with Crippen molar-refractivity contribution in [3.8, 4) is 0 Å². The molecule has 154 valence electrons. The van der Waals surface area contributed by atoms with Gasteiger partial charge in [-0.05, 0) is 31.3 Å². The van der Waals surface area contributed by atoms with Crippen LogP contribution in [0.15, 0.2) is 5.16 Å². The van der Waals surface area contributed by atoms with E-state index in [0.717, 1.165) is 30.4 Å². The summed E-state index contributed by atoms with van der Waals surface area (Å²) in [5.74, 6) is 0.980. The maximum atomic E-state index is 10.7. The fraction of sp³-hybridized carbons (Fsp3) is 0.923. The molecule has 1 fully saturated rings. The van der Waals surface area contributed by atoms with E-state index in [4.69, 9.17) is 9.29 Å². The van der Waals surface area contributed by atoms with Gasteiger partial charge in [0.05, 0.1) is 6.61 Å². The standard InChI is InChI=1S/C13H25NO9S3/c1-24-6-4-2-3-5-9(14-23-26(19,20)21)25-13-12(18)11(17)10(16)8(7-15)22-13/h8,10-13,15-18H,2-7H2,1H3,(H,19,20,21)/b14-9+/t8-,10+,11-,12+,13-/m0/s1. The van der Waals surface area contributed by atoms with E-state index in [0.29, 0.717) is 12.8 Å². The lowest BCUT2D eigenvalue weighted by Gasteiger charge is -2.39. The van der Waals surface area contributed by atoms with Gasteiger partial charge in [-0.2, -0.15) is 20.2 Å². The van der Waals surface area contributed by atoms with Crippen LogP contribution in [0.5, 0.6) is 0 Å². The van der Waals surface area contributed by atoms with Crippen molar-refractivity contribution >= 4 is 39.0 Å². The van der Waals surface area contributed by atoms with Gasteiger partial charge in [0, 0.05) is 0 Å². The van der Waals surface area contributed by atoms with Crippen molar-refractivity contribution in [3.63, 3.8) is 0 Å². The van der Waals surface area contributed by atoms with E-state index in [-0.39, 0.29) is 5.04 Å². The number of aliphatic hydroxyl groups excluding tert-OH is 4. The zero-order valence-electron chi connectivity index (χ0n) is 14.2. The Balaban J connectivity index is 2.76. The summed E-state index contributed by atoms with van der Waals surface area (Å²) in [6.45, 7) is -0.579. The molecule has 0 aromatic heterocycles. The van der Waals surface area contributed by atoms with Crippen molar-refractivity contribution in [2.45, 2.75) is 55.5 Å². The summed E-state index contributed by atoms with van der Waals surface area (Å²) in [5.41, 5.74) is -1.11. The molecule has 5 N–H and O–H groups in total. The second kappa shape index (κ2) is 11.7. The molecular weight excluding hydrogens is 410 g/mol. The number of hydrogen-bond donors (Lipinski definition) is 5. The van der Waals surface area contributed by atoms with Gasteiger partial charge in [-0.3, -0.25) is 4.55 Å². The van der Waals surface area contributed by atoms with Gasteiger partial charge >= 0.3 is 10.4 Å². The lowest BCUT2D eigenvalue weighted by molar-refractivity contribution is -0.205. The monoisotopic (exact) mass is 435 g/mol. The number of oxime groups is 1. The first-order chi connectivity index (χ1) is 12.2. The minimum Gasteiger partial charge on any atom is -0.394 e. The van der Waals surface area contributed by atoms with Crippen LogP contribution in [0.4, 0.5) is 0 Å². The third-order valence-corrected chi connectivity index (χ3v) is 5.71. The predicted octanol–water partition coefficient (Wildman–Crippen LogP) is -0.424. The van der Waals surface area contributed by atoms with E-state index < -0.39 is 46.9 Å². The van der Waals surface area contributed by atoms with Crippen LogP contribution in [0, 0.1) is 0 Å². The van der Waals surface area contributed by atoms with E-state index >= 15 is 0 Å². The average molecular weight is 436 g/mol. The van der Waals surface area contributed by atoms with Gasteiger partial charge in [0.1, 0.15) is 34.9 Å². The van der Waals surface area contributed by atoms with E-state index in [9.17, 15) is 28.8 Å². The number of hydrogen-bond acceptors (Lipinski definition) is 11. The Labute approximate surface area is 160 Å². The Kier molecular flexibility index (Phi) is 10.7. The molecule has 0 aromatic rings. The third kappa shape index (κ3) is 8.27. The molecule has 0 aliphatic carbocycles. The minimum absolute atomic E-state index is 0.121. The van der Waals surface area contributed by atoms with Crippen molar-refractivity contribution in [1.29, 1.82) is 0 Å². The summed E-state index contributed by atoms with van der Waals surface area (Å²) in [5, 5.41) is 42.3. The molecule has 0 radical (unpaired) electrons. The molecule has 13 heteroatoms. The van der Waals surface area contributed by atoms with E-state index in [1.165, 1.54) is 0 Å². The number of aliphatic hydroxyl groups is 4. The summed E-state index contributed by atoms with van der Waals surface area (Å²) in [7, 11) is -4.78. The molecule has 26 heavy (non-hydrogen) atoms. The topological polar surface area (TPSA) is 166 Å². The highest BCUT2D eigenvalue weighted by Crippen LogP contribution is 2.30. The second-order valence-electron chi connectivity index (χ2n) is 5.61. The Hall–Kier alpha value is -0.120. The number of nitrogens with zero attached hydrogens (tertiary/aromatic N) is 1. The summed E-state index contributed by atoms with van der Waals surface area (Å²) < 4.78 is 39.5. The Morgan fingerprint density at radius 2 is 1.85 bits per heavy atom. The first kappa shape index (κ1) is 23.9. The van der Waals surface area contributed by atoms with Crippen LogP contribution in [0.3, 0.4) is 0 Å². The molecule has 0 bridgehead atoms. The van der Waals surface area contributed by atoms with Crippen molar-refractivity contribution < 1.29 is 42.4 Å². The number of unbranched alkanes of at least 4 members (excludes halogenated alkanes) is 2. The molecule has 1 saturated heterocycles. The lowest BCUT2D eigenvalue weighted by Crippen LogP contribution is -2.57. The maximum absolute atomic E-state index is 10.7. The van der Waals surface area contributed by atoms with Crippen LogP contribution >= 0.6 is 23.5 Å². The molecule has 1 rings (SSSR count). The van der Waals surface area contributed by atoms with Gasteiger partial charge in [0.25, 0.3) is 0 Å². The maximum Gasteiger partial charge on any atom is 0.466 e. The molecule has 1 aliphatic rings. The summed E-state index contributed by atoms with van der Waals surface area (Å²) in [6, 6.07) is 0. The van der Waals surface area contributed by atoms with Crippen LogP contribution in [-0.4, -0.2) is 86.9 Å². The first-order valence-electron chi connectivity index (χ1n) is 7.88. The quantitative estimate of drug-likeness (QED) is 0.0993. The molecule has 1 heterocycles. The SMILES string of the molecule is CSCCCCC/C(=N\OS(=O)(=O)O)S[C@@H]1O[C@@H](CO)[C@@H](O)[C@H](O)[C@H]1O. The highest BCUT2D eigenvalue weighted by Gasteiger charge is 2.44. The van der Waals surface area contributed by atoms with Crippen LogP contribution in [-0.2, 0) is 19.4 Å². The second-order valence-corrected chi connectivity index (χ2v) is 8.77. The van der Waals surface area contributed by atoms with Gasteiger partial charge in [0.15, 0.2) is 0 Å². The third-order valence-electron chi connectivity index (χ3n) is 3.57. The number of thioether (sulfide) groups is 2. The summed E-state index contributed by atoms with van der Waals surface area (Å²) in [4.78, 5) is 0. The lowest BCUT2D eigenvalue weighted by atomic mass is 10.0. The van der Waals surface area contributed by atoms with Crippen LogP contribution < -0.4 is 0 Å². The van der Waals surface area contributed by atoms with Crippen LogP contribution in [0.25, 0.3) is 0 Å². The fourth-order valence-corrected chi connectivity index (χ4v) is 4.05. The molecule has 1 aliphatic heterocycles. The van der Waals surface area contributed by atoms with Gasteiger partial charge < -0.3 is 25.2 Å². The van der Waals surface area contributed by atoms with Gasteiger partial charge in [-0.15, -0.1) is 0 Å². The van der Waals surface area contributed by atoms with Crippen molar-refractivity contribution in [1.82, 2.24) is 0 Å². The van der Waals surface area contributed by atoms with Crippen molar-refractivity contribution in [2.24, 2.45) is 5.16 Å². The first-order valence-corrected chi connectivity index (χ1v) is 11.5. The Morgan fingerprint density at radius 3 is 2.42 bits per heavy atom. The van der Waals surface area contributed by atoms with Crippen molar-refractivity contribution in [2.75, 3.05) is 18.6 Å². The molecule has 0 saturated carbocycles. The highest BCUT2D eigenvalue weighted by atomic mass is 32.3. The van der Waals surface area contributed by atoms with Crippen LogP contribution in [0.1, 0.15) is 25.7 Å². The Morgan fingerprint density at radius 1 is 1.15 bits per heavy atom. The highest BCUT2D eigenvalue weighted by molar-refractivity contribution is 8.14. The normalized spacial score (nSPS) is 30.4. The number of ether oxygens (including phenoxy) is 1. The van der Waals surface area contributed by atoms with E-state index in [2.05, 4.69) is 9.44 Å². The molecule has 10 nitrogen and oxygen atoms in total. The summed E-state index contributed by atoms with van der Waals surface area (Å²) >= 11 is 2.50. The number of rotatable bonds is 10. The molecule has 0 amide bonds. The van der Waals surface area contributed by atoms with Crippen molar-refractivity contribution in [3.05, 3.63) is 0 Å². The Bertz CT molecular complexity index is 543. The molecule has 5 atom stereocenters. The fourth-order valence-electron chi connectivity index (χ4n) is 2.21. The zero-order valence-corrected chi connectivity index (χ0v) is 16.6. The minimum atomic E-state index is -4.78. The van der Waals surface area contributed by atoms with Gasteiger partial charge in [-0.1, -0.05) is 23.3 Å². The molecule has 0 unspecified atom stereocenters. The summed E-state index contributed by atoms with van der Waals surface area (Å²) in [6.07, 6.45) is -0.887. The molecular formula is C13H25NO9S3. The van der Waals surface area contributed by atoms with Gasteiger partial charge in [-0.25, -0.2) is 4.28 Å².